The van der Waals surface area contributed by atoms with Crippen LogP contribution in [-0.2, 0) is 9.53 Å². The fourth-order valence-electron chi connectivity index (χ4n) is 2.13. The third kappa shape index (κ3) is 2.49. The average molecular weight is 237 g/mol. The van der Waals surface area contributed by atoms with Gasteiger partial charge in [-0.2, -0.15) is 5.10 Å². The van der Waals surface area contributed by atoms with E-state index in [0.717, 1.165) is 19.8 Å². The van der Waals surface area contributed by atoms with Gasteiger partial charge in [0, 0.05) is 31.4 Å². The summed E-state index contributed by atoms with van der Waals surface area (Å²) in [6.45, 7) is 6.21. The van der Waals surface area contributed by atoms with Crippen LogP contribution in [0, 0.1) is 5.41 Å². The first kappa shape index (κ1) is 12.1. The van der Waals surface area contributed by atoms with Gasteiger partial charge in [-0.05, 0) is 13.0 Å². The van der Waals surface area contributed by atoms with Crippen LogP contribution in [0.2, 0.25) is 0 Å². The Bertz CT molecular complexity index is 384. The van der Waals surface area contributed by atoms with E-state index in [2.05, 4.69) is 12.0 Å². The third-order valence-corrected chi connectivity index (χ3v) is 3.18. The highest BCUT2D eigenvalue weighted by molar-refractivity contribution is 5.79. The maximum atomic E-state index is 12.2. The molecule has 0 unspecified atom stereocenters. The average Bonchev–Trinajstić information content (AvgIpc) is 2.78. The summed E-state index contributed by atoms with van der Waals surface area (Å²) < 4.78 is 6.87. The number of carbonyl (C=O) groups excluding carboxylic acids is 1. The van der Waals surface area contributed by atoms with Gasteiger partial charge in [0.15, 0.2) is 0 Å². The van der Waals surface area contributed by atoms with E-state index < -0.39 is 0 Å². The van der Waals surface area contributed by atoms with Crippen molar-refractivity contribution in [1.29, 1.82) is 0 Å². The van der Waals surface area contributed by atoms with E-state index in [9.17, 15) is 4.79 Å². The molecule has 0 N–H and O–H groups in total. The summed E-state index contributed by atoms with van der Waals surface area (Å²) in [4.78, 5) is 14.0. The lowest BCUT2D eigenvalue weighted by molar-refractivity contribution is -0.144. The summed E-state index contributed by atoms with van der Waals surface area (Å²) in [7, 11) is 1.84. The molecule has 1 amide bonds. The van der Waals surface area contributed by atoms with Gasteiger partial charge in [-0.25, -0.2) is 0 Å². The van der Waals surface area contributed by atoms with E-state index in [0.29, 0.717) is 0 Å². The van der Waals surface area contributed by atoms with Gasteiger partial charge in [-0.3, -0.25) is 9.48 Å². The van der Waals surface area contributed by atoms with Crippen molar-refractivity contribution in [2.24, 2.45) is 5.41 Å². The Morgan fingerprint density at radius 3 is 2.82 bits per heavy atom. The molecule has 2 heterocycles. The van der Waals surface area contributed by atoms with Crippen LogP contribution in [0.25, 0.3) is 0 Å². The minimum Gasteiger partial charge on any atom is -0.380 e. The fourth-order valence-corrected chi connectivity index (χ4v) is 2.13. The highest BCUT2D eigenvalue weighted by atomic mass is 16.5. The summed E-state index contributed by atoms with van der Waals surface area (Å²) in [6.07, 6.45) is 3.50. The number of nitrogens with zero attached hydrogens (tertiary/aromatic N) is 3. The van der Waals surface area contributed by atoms with E-state index in [1.807, 2.05) is 26.2 Å². The van der Waals surface area contributed by atoms with Crippen LogP contribution in [0.5, 0.6) is 0 Å². The van der Waals surface area contributed by atoms with Gasteiger partial charge in [0.05, 0.1) is 13.2 Å². The fraction of sp³-hybridized carbons (Fsp3) is 0.667. The molecule has 0 aliphatic carbocycles. The molecule has 1 aromatic heterocycles. The molecule has 1 aromatic rings. The summed E-state index contributed by atoms with van der Waals surface area (Å²) in [5.74, 6) is 0.0850. The topological polar surface area (TPSA) is 47.4 Å². The second-order valence-corrected chi connectivity index (χ2v) is 5.16. The van der Waals surface area contributed by atoms with E-state index in [4.69, 9.17) is 4.74 Å². The molecular weight excluding hydrogens is 218 g/mol. The minimum absolute atomic E-state index is 0.0850. The quantitative estimate of drug-likeness (QED) is 0.783. The molecule has 1 atom stereocenters. The molecule has 5 heteroatoms. The van der Waals surface area contributed by atoms with Crippen molar-refractivity contribution < 1.29 is 9.53 Å². The first-order valence-corrected chi connectivity index (χ1v) is 5.84. The summed E-state index contributed by atoms with van der Waals surface area (Å²) >= 11 is 0. The monoisotopic (exact) mass is 237 g/mol. The van der Waals surface area contributed by atoms with Crippen molar-refractivity contribution in [2.75, 3.05) is 26.8 Å². The van der Waals surface area contributed by atoms with Gasteiger partial charge in [0.1, 0.15) is 6.04 Å². The number of rotatable bonds is 4. The Kier molecular flexibility index (Phi) is 3.19. The van der Waals surface area contributed by atoms with Crippen LogP contribution in [0.15, 0.2) is 18.5 Å². The molecular formula is C12H19N3O2. The predicted molar refractivity (Wildman–Crippen MR) is 63.5 cm³/mol. The summed E-state index contributed by atoms with van der Waals surface area (Å²) in [6, 6.07) is 1.57. The maximum Gasteiger partial charge on any atom is 0.246 e. The Labute approximate surface area is 101 Å². The van der Waals surface area contributed by atoms with E-state index >= 15 is 0 Å². The minimum atomic E-state index is -0.250. The Balaban J connectivity index is 1.95. The molecule has 5 nitrogen and oxygen atoms in total. The van der Waals surface area contributed by atoms with Crippen molar-refractivity contribution in [2.45, 2.75) is 19.9 Å². The molecule has 1 saturated heterocycles. The van der Waals surface area contributed by atoms with Gasteiger partial charge < -0.3 is 9.64 Å². The lowest BCUT2D eigenvalue weighted by Gasteiger charge is -2.41. The van der Waals surface area contributed by atoms with E-state index in [1.54, 1.807) is 15.8 Å². The van der Waals surface area contributed by atoms with Gasteiger partial charge in [0.25, 0.3) is 0 Å². The predicted octanol–water partition coefficient (Wildman–Crippen LogP) is 0.939. The van der Waals surface area contributed by atoms with Crippen LogP contribution in [0.4, 0.5) is 0 Å². The number of carbonyl (C=O) groups is 1. The number of hydrogen-bond acceptors (Lipinski definition) is 3. The molecule has 94 valence electrons. The maximum absolute atomic E-state index is 12.2. The molecule has 0 bridgehead atoms. The zero-order chi connectivity index (χ0) is 12.5. The van der Waals surface area contributed by atoms with E-state index in [-0.39, 0.29) is 17.4 Å². The molecule has 1 fully saturated rings. The Morgan fingerprint density at radius 1 is 1.65 bits per heavy atom. The molecule has 2 rings (SSSR count). The van der Waals surface area contributed by atoms with E-state index in [1.165, 1.54) is 0 Å². The normalized spacial score (nSPS) is 19.5. The van der Waals surface area contributed by atoms with Crippen molar-refractivity contribution in [3.05, 3.63) is 18.5 Å². The van der Waals surface area contributed by atoms with Gasteiger partial charge in [0.2, 0.25) is 5.91 Å². The Hall–Kier alpha value is -1.36. The third-order valence-electron chi connectivity index (χ3n) is 3.18. The van der Waals surface area contributed by atoms with Crippen molar-refractivity contribution in [1.82, 2.24) is 14.7 Å². The van der Waals surface area contributed by atoms with Crippen molar-refractivity contribution in [3.63, 3.8) is 0 Å². The Morgan fingerprint density at radius 2 is 2.35 bits per heavy atom. The highest BCUT2D eigenvalue weighted by Gasteiger charge is 2.36. The van der Waals surface area contributed by atoms with Crippen LogP contribution in [0.1, 0.15) is 19.9 Å². The van der Waals surface area contributed by atoms with Gasteiger partial charge in [-0.1, -0.05) is 6.92 Å². The van der Waals surface area contributed by atoms with Crippen LogP contribution >= 0.6 is 0 Å². The lowest BCUT2D eigenvalue weighted by atomic mass is 9.88. The van der Waals surface area contributed by atoms with Crippen molar-refractivity contribution >= 4 is 5.91 Å². The zero-order valence-electron chi connectivity index (χ0n) is 10.6. The summed E-state index contributed by atoms with van der Waals surface area (Å²) in [5.41, 5.74) is 0.119. The zero-order valence-corrected chi connectivity index (χ0v) is 10.6. The SMILES string of the molecule is C[C@H](C(=O)N(C)CC1(C)COC1)n1cccn1. The molecule has 1 aliphatic heterocycles. The second-order valence-electron chi connectivity index (χ2n) is 5.16. The lowest BCUT2D eigenvalue weighted by Crippen LogP contribution is -2.50. The molecule has 1 aliphatic rings. The molecule has 0 spiro atoms. The van der Waals surface area contributed by atoms with Crippen LogP contribution in [-0.4, -0.2) is 47.4 Å². The number of likely N-dealkylation sites (N-methyl/N-ethyl adjacent to an activating group) is 1. The number of aromatic nitrogens is 2. The number of ether oxygens (including phenoxy) is 1. The molecule has 17 heavy (non-hydrogen) atoms. The van der Waals surface area contributed by atoms with Gasteiger partial charge in [-0.15, -0.1) is 0 Å². The second kappa shape index (κ2) is 4.49. The summed E-state index contributed by atoms with van der Waals surface area (Å²) in [5, 5.41) is 4.09. The first-order chi connectivity index (χ1) is 8.02. The van der Waals surface area contributed by atoms with Crippen LogP contribution in [0.3, 0.4) is 0 Å². The smallest absolute Gasteiger partial charge is 0.246 e. The standard InChI is InChI=1S/C12H19N3O2/c1-10(15-6-4-5-13-15)11(16)14(3)7-12(2)8-17-9-12/h4-6,10H,7-9H2,1-3H3/t10-/m1/s1. The number of hydrogen-bond donors (Lipinski definition) is 0. The molecule has 0 radical (unpaired) electrons. The largest absolute Gasteiger partial charge is 0.380 e. The number of amides is 1. The first-order valence-electron chi connectivity index (χ1n) is 5.84. The van der Waals surface area contributed by atoms with Crippen molar-refractivity contribution in [3.8, 4) is 0 Å². The molecule has 0 aromatic carbocycles. The molecule has 0 saturated carbocycles. The van der Waals surface area contributed by atoms with Crippen LogP contribution < -0.4 is 0 Å². The van der Waals surface area contributed by atoms with Gasteiger partial charge >= 0.3 is 0 Å². The highest BCUT2D eigenvalue weighted by Crippen LogP contribution is 2.27.